The smallest absolute Gasteiger partial charge is 0.411 e. The second-order valence-electron chi connectivity index (χ2n) is 12.8. The number of aryl methyl sites for hydroxylation is 1. The number of aromatic amines is 1. The summed E-state index contributed by atoms with van der Waals surface area (Å²) in [7, 11) is 0. The number of unbranched alkanes of at least 4 members (excludes halogenated alkanes) is 6. The Morgan fingerprint density at radius 1 is 1.04 bits per heavy atom. The number of likely N-dealkylation sites (tertiary alicyclic amines) is 1. The highest BCUT2D eigenvalue weighted by atomic mass is 32.1. The van der Waals surface area contributed by atoms with Crippen LogP contribution in [0.3, 0.4) is 0 Å². The molecule has 5 rings (SSSR count). The number of amides is 1. The third-order valence-electron chi connectivity index (χ3n) is 9.10. The summed E-state index contributed by atoms with van der Waals surface area (Å²) in [5, 5.41) is 30.5. The quantitative estimate of drug-likeness (QED) is 0.0756. The number of aromatic hydroxyl groups is 1. The number of hydrogen-bond acceptors (Lipinski definition) is 9. The van der Waals surface area contributed by atoms with Crippen LogP contribution in [0.25, 0.3) is 21.5 Å². The van der Waals surface area contributed by atoms with Crippen LogP contribution in [0.2, 0.25) is 0 Å². The maximum atomic E-state index is 12.6. The number of para-hydroxylation sites is 1. The largest absolute Gasteiger partial charge is 0.506 e. The first-order valence-electron chi connectivity index (χ1n) is 17.3. The fourth-order valence-corrected chi connectivity index (χ4v) is 7.18. The molecule has 1 atom stereocenters. The lowest BCUT2D eigenvalue weighted by Gasteiger charge is -2.31. The maximum absolute atomic E-state index is 12.6. The van der Waals surface area contributed by atoms with Gasteiger partial charge in [0.05, 0.1) is 23.9 Å². The van der Waals surface area contributed by atoms with Crippen molar-refractivity contribution in [1.29, 1.82) is 0 Å². The number of thiazole rings is 1. The van der Waals surface area contributed by atoms with Crippen molar-refractivity contribution in [1.82, 2.24) is 20.2 Å². The first-order valence-corrected chi connectivity index (χ1v) is 18.2. The number of carbonyl (C=O) groups excluding carboxylic acids is 1. The molecule has 5 N–H and O–H groups in total. The van der Waals surface area contributed by atoms with Crippen LogP contribution < -0.4 is 16.2 Å². The van der Waals surface area contributed by atoms with Crippen molar-refractivity contribution >= 4 is 34.0 Å². The van der Waals surface area contributed by atoms with Gasteiger partial charge in [0.2, 0.25) is 5.56 Å². The van der Waals surface area contributed by atoms with Crippen molar-refractivity contribution in [2.45, 2.75) is 70.8 Å². The van der Waals surface area contributed by atoms with E-state index in [9.17, 15) is 19.8 Å². The van der Waals surface area contributed by atoms with Crippen LogP contribution in [0, 0.1) is 12.8 Å². The summed E-state index contributed by atoms with van der Waals surface area (Å²) < 4.78 is 5.62. The van der Waals surface area contributed by atoms with Crippen molar-refractivity contribution in [2.75, 3.05) is 44.6 Å². The second kappa shape index (κ2) is 18.1. The number of aromatic nitrogens is 2. The van der Waals surface area contributed by atoms with Gasteiger partial charge in [-0.3, -0.25) is 10.1 Å². The van der Waals surface area contributed by atoms with Crippen LogP contribution in [0.15, 0.2) is 58.7 Å². The van der Waals surface area contributed by atoms with Crippen LogP contribution in [0.5, 0.6) is 5.75 Å². The van der Waals surface area contributed by atoms with Crippen LogP contribution >= 0.6 is 11.3 Å². The van der Waals surface area contributed by atoms with Gasteiger partial charge >= 0.3 is 6.09 Å². The van der Waals surface area contributed by atoms with E-state index in [1.54, 1.807) is 23.5 Å². The van der Waals surface area contributed by atoms with Gasteiger partial charge in [-0.25, -0.2) is 9.78 Å². The Morgan fingerprint density at radius 2 is 1.79 bits per heavy atom. The van der Waals surface area contributed by atoms with E-state index in [1.807, 2.05) is 36.6 Å². The number of nitrogens with zero attached hydrogens (tertiary/aromatic N) is 2. The van der Waals surface area contributed by atoms with Gasteiger partial charge in [0.15, 0.2) is 0 Å². The minimum absolute atomic E-state index is 0.00145. The predicted molar refractivity (Wildman–Crippen MR) is 193 cm³/mol. The van der Waals surface area contributed by atoms with Gasteiger partial charge in [0.1, 0.15) is 10.8 Å². The van der Waals surface area contributed by atoms with Gasteiger partial charge in [-0.15, -0.1) is 11.3 Å². The Kier molecular flexibility index (Phi) is 13.4. The van der Waals surface area contributed by atoms with Crippen LogP contribution in [0.4, 0.5) is 10.5 Å². The molecule has 0 unspecified atom stereocenters. The number of carbonyl (C=O) groups is 1. The lowest BCUT2D eigenvalue weighted by atomic mass is 9.97. The molecule has 0 saturated carbocycles. The number of phenolic OH excluding ortho intramolecular Hbond substituents is 1. The summed E-state index contributed by atoms with van der Waals surface area (Å²) in [6.45, 7) is 6.94. The molecule has 1 saturated heterocycles. The summed E-state index contributed by atoms with van der Waals surface area (Å²) in [5.74, 6) is 0.402. The van der Waals surface area contributed by atoms with Crippen molar-refractivity contribution in [3.63, 3.8) is 0 Å². The fourth-order valence-electron chi connectivity index (χ4n) is 6.34. The number of H-pyrrole nitrogens is 1. The highest BCUT2D eigenvalue weighted by Gasteiger charge is 2.21. The van der Waals surface area contributed by atoms with Crippen LogP contribution in [-0.2, 0) is 4.74 Å². The number of nitrogens with one attached hydrogen (secondary N) is 3. The zero-order chi connectivity index (χ0) is 33.7. The molecule has 48 heavy (non-hydrogen) atoms. The Morgan fingerprint density at radius 3 is 2.56 bits per heavy atom. The molecule has 3 heterocycles. The molecule has 0 radical (unpaired) electrons. The van der Waals surface area contributed by atoms with Crippen molar-refractivity contribution in [3.05, 3.63) is 75.5 Å². The van der Waals surface area contributed by atoms with Gasteiger partial charge in [-0.05, 0) is 94.5 Å². The van der Waals surface area contributed by atoms with Crippen molar-refractivity contribution in [2.24, 2.45) is 5.92 Å². The van der Waals surface area contributed by atoms with Crippen LogP contribution in [0.1, 0.15) is 75.1 Å². The number of rotatable bonds is 17. The number of piperidine rings is 1. The molecule has 10 nitrogen and oxygen atoms in total. The number of aliphatic hydroxyl groups excluding tert-OH is 1. The third kappa shape index (κ3) is 10.4. The molecule has 0 aliphatic carbocycles. The number of hydrogen-bond donors (Lipinski definition) is 5. The number of aliphatic hydroxyl groups is 1. The zero-order valence-corrected chi connectivity index (χ0v) is 28.7. The number of phenols is 1. The van der Waals surface area contributed by atoms with E-state index in [1.165, 1.54) is 44.2 Å². The fraction of sp³-hybridized carbons (Fsp3) is 0.486. The molecule has 11 heteroatoms. The molecular weight excluding hydrogens is 627 g/mol. The minimum Gasteiger partial charge on any atom is -0.506 e. The van der Waals surface area contributed by atoms with E-state index < -0.39 is 12.2 Å². The Bertz CT molecular complexity index is 1670. The number of fused-ring (bicyclic) bond motifs is 1. The molecule has 1 amide bonds. The van der Waals surface area contributed by atoms with Gasteiger partial charge < -0.3 is 30.2 Å². The van der Waals surface area contributed by atoms with E-state index in [-0.39, 0.29) is 11.3 Å². The summed E-state index contributed by atoms with van der Waals surface area (Å²) >= 11 is 1.57. The van der Waals surface area contributed by atoms with E-state index in [0.717, 1.165) is 73.8 Å². The molecular formula is C37H49N5O5S. The highest BCUT2D eigenvalue weighted by Crippen LogP contribution is 2.31. The highest BCUT2D eigenvalue weighted by molar-refractivity contribution is 7.13. The molecule has 2 aromatic heterocycles. The number of anilines is 1. The topological polar surface area (TPSA) is 140 Å². The lowest BCUT2D eigenvalue weighted by Crippen LogP contribution is -2.36. The van der Waals surface area contributed by atoms with E-state index in [4.69, 9.17) is 4.74 Å². The summed E-state index contributed by atoms with van der Waals surface area (Å²) in [5.41, 5.74) is 3.35. The minimum atomic E-state index is -0.724. The third-order valence-corrected chi connectivity index (χ3v) is 10.1. The monoisotopic (exact) mass is 675 g/mol. The van der Waals surface area contributed by atoms with Gasteiger partial charge in [-0.1, -0.05) is 50.3 Å². The van der Waals surface area contributed by atoms with Gasteiger partial charge in [0, 0.05) is 34.6 Å². The Hall–Kier alpha value is -3.77. The molecule has 1 aliphatic heterocycles. The molecule has 0 bridgehead atoms. The predicted octanol–water partition coefficient (Wildman–Crippen LogP) is 6.98. The Labute approximate surface area is 286 Å². The summed E-state index contributed by atoms with van der Waals surface area (Å²) in [4.78, 5) is 33.9. The van der Waals surface area contributed by atoms with E-state index in [0.29, 0.717) is 35.5 Å². The standard InChI is InChI=1S/C37H49N5O5S/c1-26-25-48-36(39-26)30-11-7-8-12-31(30)40-37(46)47-24-27-17-21-42(22-18-27)20-10-6-4-2-3-5-9-19-38-23-33(44)28-13-15-32(43)35-29(28)14-16-34(45)41-35/h7-8,11-16,25,27,33,38,43-44H,2-6,9-10,17-24H2,1H3,(H,40,46)(H,41,45)/t33-/m1/s1. The first-order chi connectivity index (χ1) is 23.4. The normalized spacial score (nSPS) is 14.7. The van der Waals surface area contributed by atoms with Gasteiger partial charge in [-0.2, -0.15) is 0 Å². The lowest BCUT2D eigenvalue weighted by molar-refractivity contribution is 0.104. The van der Waals surface area contributed by atoms with Crippen molar-refractivity contribution in [3.8, 4) is 16.3 Å². The molecule has 258 valence electrons. The van der Waals surface area contributed by atoms with Crippen LogP contribution in [-0.4, -0.2) is 70.5 Å². The van der Waals surface area contributed by atoms with Gasteiger partial charge in [0.25, 0.3) is 0 Å². The number of pyridine rings is 1. The average Bonchev–Trinajstić information content (AvgIpc) is 3.53. The van der Waals surface area contributed by atoms with E-state index >= 15 is 0 Å². The molecule has 1 fully saturated rings. The number of ether oxygens (including phenoxy) is 1. The maximum Gasteiger partial charge on any atom is 0.411 e. The zero-order valence-electron chi connectivity index (χ0n) is 27.9. The summed E-state index contributed by atoms with van der Waals surface area (Å²) in [6.07, 6.45) is 9.40. The summed E-state index contributed by atoms with van der Waals surface area (Å²) in [6, 6.07) is 14.0. The number of benzene rings is 2. The van der Waals surface area contributed by atoms with Crippen molar-refractivity contribution < 1.29 is 19.7 Å². The molecule has 0 spiro atoms. The Balaban J connectivity index is 0.859. The van der Waals surface area contributed by atoms with E-state index in [2.05, 4.69) is 25.5 Å². The molecule has 1 aliphatic rings. The molecule has 2 aromatic carbocycles. The average molecular weight is 676 g/mol. The second-order valence-corrected chi connectivity index (χ2v) is 13.7. The molecule has 4 aromatic rings. The first kappa shape index (κ1) is 35.5. The SMILES string of the molecule is Cc1csc(-c2ccccc2NC(=O)OCC2CCN(CCCCCCCCCNC[C@@H](O)c3ccc(O)c4[nH]c(=O)ccc34)CC2)n1.